The maximum Gasteiger partial charge on any atom is 0.409 e. The van der Waals surface area contributed by atoms with Crippen molar-refractivity contribution in [3.63, 3.8) is 0 Å². The number of likely N-dealkylation sites (tertiary alicyclic amines) is 1. The molecule has 9 N–H and O–H groups in total. The van der Waals surface area contributed by atoms with Crippen LogP contribution in [0.5, 0.6) is 5.75 Å². The number of nitrogens with two attached hydrogens (primary N) is 2. The number of halogens is 1. The van der Waals surface area contributed by atoms with Crippen molar-refractivity contribution in [2.24, 2.45) is 17.4 Å². The molecule has 0 aliphatic carbocycles. The van der Waals surface area contributed by atoms with Crippen LogP contribution in [0.2, 0.25) is 5.02 Å². The molecule has 5 rings (SSSR count). The van der Waals surface area contributed by atoms with Gasteiger partial charge >= 0.3 is 12.1 Å². The van der Waals surface area contributed by atoms with Crippen LogP contribution in [0, 0.1) is 5.92 Å². The predicted molar refractivity (Wildman–Crippen MR) is 277 cm³/mol. The number of hydrogen-bond donors (Lipinski definition) is 7. The number of carbonyl (C=O) groups is 7. The number of methoxy groups -OCH3 is 1. The number of aliphatic hydroxyl groups excluding tert-OH is 1. The fourth-order valence-electron chi connectivity index (χ4n) is 9.10. The summed E-state index contributed by atoms with van der Waals surface area (Å²) in [6.07, 6.45) is -2.82. The Balaban J connectivity index is 1.13. The van der Waals surface area contributed by atoms with E-state index in [-0.39, 0.29) is 73.0 Å². The Kier molecular flexibility index (Phi) is 23.9. The zero-order valence-corrected chi connectivity index (χ0v) is 45.5. The Hall–Kier alpha value is -5.48. The number of epoxide rings is 1. The van der Waals surface area contributed by atoms with Crippen molar-refractivity contribution in [3.8, 4) is 5.75 Å². The summed E-state index contributed by atoms with van der Waals surface area (Å²) >= 11 is 6.75. The van der Waals surface area contributed by atoms with Crippen LogP contribution in [-0.4, -0.2) is 204 Å². The lowest BCUT2D eigenvalue weighted by molar-refractivity contribution is -0.163. The summed E-state index contributed by atoms with van der Waals surface area (Å²) in [7, 11) is 5.73. The van der Waals surface area contributed by atoms with E-state index < -0.39 is 84.3 Å². The number of esters is 1. The Labute approximate surface area is 453 Å². The number of amides is 6. The molecule has 3 fully saturated rings. The lowest BCUT2D eigenvalue weighted by atomic mass is 9.86. The number of fused-ring (bicyclic) bond motifs is 5. The molecule has 9 atom stereocenters. The molecule has 6 amide bonds. The summed E-state index contributed by atoms with van der Waals surface area (Å²) < 4.78 is 44.7. The summed E-state index contributed by atoms with van der Waals surface area (Å²) in [4.78, 5) is 95.7. The summed E-state index contributed by atoms with van der Waals surface area (Å²) in [6.45, 7) is 6.69. The van der Waals surface area contributed by atoms with Crippen LogP contribution in [0.15, 0.2) is 35.9 Å². The van der Waals surface area contributed by atoms with Crippen LogP contribution < -0.4 is 37.1 Å². The van der Waals surface area contributed by atoms with E-state index in [1.807, 2.05) is 6.92 Å². The van der Waals surface area contributed by atoms with Crippen molar-refractivity contribution in [1.29, 1.82) is 0 Å². The van der Waals surface area contributed by atoms with Gasteiger partial charge in [0, 0.05) is 65.8 Å². The van der Waals surface area contributed by atoms with Crippen molar-refractivity contribution >= 4 is 58.9 Å². The smallest absolute Gasteiger partial charge is 0.409 e. The number of nitrogens with one attached hydrogen (secondary N) is 3. The number of likely N-dealkylation sites (N-methyl/N-ethyl adjacent to an activating group) is 1. The van der Waals surface area contributed by atoms with Crippen LogP contribution in [-0.2, 0) is 68.3 Å². The van der Waals surface area contributed by atoms with Crippen LogP contribution in [0.4, 0.5) is 10.5 Å². The molecule has 430 valence electrons. The number of alkyl carbamates (subject to hydrolysis) is 1. The minimum atomic E-state index is -2.17. The second-order valence-electron chi connectivity index (χ2n) is 19.4. The van der Waals surface area contributed by atoms with E-state index >= 15 is 0 Å². The number of aliphatic hydroxyl groups is 2. The number of rotatable bonds is 24. The molecular weight excluding hydrogens is 1030 g/mol. The van der Waals surface area contributed by atoms with E-state index in [1.165, 1.54) is 43.2 Å². The Bertz CT molecular complexity index is 2290. The monoisotopic (exact) mass is 1110 g/mol. The number of nitrogens with zero attached hydrogens (tertiary/aromatic N) is 3. The van der Waals surface area contributed by atoms with E-state index in [1.54, 1.807) is 32.2 Å². The summed E-state index contributed by atoms with van der Waals surface area (Å²) in [6, 6.07) is 2.71. The molecule has 3 saturated heterocycles. The number of allylic oxidation sites excluding steroid dienone is 3. The Morgan fingerprint density at radius 1 is 1.01 bits per heavy atom. The van der Waals surface area contributed by atoms with Crippen molar-refractivity contribution in [2.75, 3.05) is 99.1 Å². The fraction of sp³-hybridized carbons (Fsp3) is 0.667. The van der Waals surface area contributed by atoms with Crippen LogP contribution in [0.3, 0.4) is 0 Å². The molecule has 4 bridgehead atoms. The third-order valence-electron chi connectivity index (χ3n) is 13.8. The summed E-state index contributed by atoms with van der Waals surface area (Å²) in [5, 5.41) is 30.3. The third-order valence-corrected chi connectivity index (χ3v) is 14.2. The van der Waals surface area contributed by atoms with Gasteiger partial charge in [-0.3, -0.25) is 35.0 Å². The first kappa shape index (κ1) is 62.4. The normalized spacial score (nSPS) is 27.0. The minimum absolute atomic E-state index is 0.0665. The highest BCUT2D eigenvalue weighted by Crippen LogP contribution is 2.46. The Morgan fingerprint density at radius 2 is 1.68 bits per heavy atom. The van der Waals surface area contributed by atoms with Gasteiger partial charge in [0.2, 0.25) is 29.5 Å². The van der Waals surface area contributed by atoms with Crippen LogP contribution in [0.25, 0.3) is 0 Å². The summed E-state index contributed by atoms with van der Waals surface area (Å²) in [5.41, 5.74) is 10.8. The molecule has 0 saturated carbocycles. The topological polar surface area (TPSA) is 335 Å². The average molecular weight is 1110 g/mol. The van der Waals surface area contributed by atoms with Crippen molar-refractivity contribution < 1.29 is 81.7 Å². The first-order chi connectivity index (χ1) is 36.6. The van der Waals surface area contributed by atoms with Gasteiger partial charge in [0.05, 0.1) is 72.1 Å². The highest BCUT2D eigenvalue weighted by molar-refractivity contribution is 6.35. The Morgan fingerprint density at radius 3 is 2.34 bits per heavy atom. The maximum absolute atomic E-state index is 14.2. The van der Waals surface area contributed by atoms with Crippen molar-refractivity contribution in [1.82, 2.24) is 25.8 Å². The van der Waals surface area contributed by atoms with Gasteiger partial charge < -0.3 is 79.2 Å². The van der Waals surface area contributed by atoms with Gasteiger partial charge in [-0.25, -0.2) is 9.59 Å². The molecule has 4 aliphatic heterocycles. The first-order valence-corrected chi connectivity index (χ1v) is 26.1. The standard InChI is InChI=1S/C51H77ClN8O17/c1-31-10-7-12-38(61)50(69)30-37(75-49(68)57-50)32(2)45-51(54,77-45)39(29-43(65)58(4)35-27-33(26-31)28-36(70-6)44(35)52)76-48(67)46(53)59(5)41(63)13-8-14-42(64)60-17-9-11-34(60)47(66)56-16-19-72-21-23-74-25-24-73-22-20-71-18-15-40(62)55-3/h7,10,12,27-28,32,34,37-39,45-46,61,69H,8-9,11,13-26,29-30,53-54H2,1-6H3,(H,55,62)(H,56,66)(H,57,68)/b12-7+,31-10+/t32-,34-,37+,38-,39+,45+,46-,50+,51+/m1/s1. The molecule has 0 spiro atoms. The van der Waals surface area contributed by atoms with Gasteiger partial charge in [-0.15, -0.1) is 0 Å². The van der Waals surface area contributed by atoms with Crippen molar-refractivity contribution in [3.05, 3.63) is 46.5 Å². The quantitative estimate of drug-likeness (QED) is 0.0313. The molecule has 0 unspecified atom stereocenters. The van der Waals surface area contributed by atoms with Crippen LogP contribution in [0.1, 0.15) is 70.8 Å². The zero-order valence-electron chi connectivity index (χ0n) is 44.8. The number of anilines is 1. The molecule has 4 heterocycles. The average Bonchev–Trinajstić information content (AvgIpc) is 3.84. The lowest BCUT2D eigenvalue weighted by Crippen LogP contribution is -2.63. The molecule has 1 aromatic carbocycles. The second-order valence-corrected chi connectivity index (χ2v) is 19.8. The van der Waals surface area contributed by atoms with E-state index in [2.05, 4.69) is 16.0 Å². The minimum Gasteiger partial charge on any atom is -0.495 e. The van der Waals surface area contributed by atoms with E-state index in [4.69, 9.17) is 61.0 Å². The molecule has 0 aromatic heterocycles. The first-order valence-electron chi connectivity index (χ1n) is 25.8. The molecular formula is C51H77ClN8O17. The molecule has 77 heavy (non-hydrogen) atoms. The number of carbonyl (C=O) groups excluding carboxylic acids is 7. The number of hydrogen-bond acceptors (Lipinski definition) is 19. The fourth-order valence-corrected chi connectivity index (χ4v) is 9.41. The highest BCUT2D eigenvalue weighted by Gasteiger charge is 2.65. The number of benzene rings is 1. The zero-order chi connectivity index (χ0) is 56.5. The second kappa shape index (κ2) is 29.5. The summed E-state index contributed by atoms with van der Waals surface area (Å²) in [5.74, 6) is -3.65. The van der Waals surface area contributed by atoms with E-state index in [0.717, 1.165) is 10.5 Å². The molecule has 26 heteroatoms. The SMILES string of the molecule is CNC(=O)CCOCCOCCOCCOCCNC(=O)[C@H]1CCCN1C(=O)CCCC(=O)N(C)[C@@H](N)C(=O)O[C@H]1CC(=O)N(C)c2cc(cc(OC)c2Cl)C/C(C)=C/C=C/[C@@H](O)[C@@]2(O)C[C@H](OC(=O)N2)[C@@H](C)[C@@H]2O[C@@]12N. The lowest BCUT2D eigenvalue weighted by Gasteiger charge is -2.41. The third kappa shape index (κ3) is 17.5. The van der Waals surface area contributed by atoms with Gasteiger partial charge in [0.1, 0.15) is 35.1 Å². The maximum atomic E-state index is 14.2. The molecule has 1 aromatic rings. The van der Waals surface area contributed by atoms with Gasteiger partial charge in [-0.2, -0.15) is 0 Å². The van der Waals surface area contributed by atoms with Gasteiger partial charge in [0.25, 0.3) is 0 Å². The molecule has 4 aliphatic rings. The van der Waals surface area contributed by atoms with E-state index in [0.29, 0.717) is 84.0 Å². The van der Waals surface area contributed by atoms with E-state index in [9.17, 15) is 43.8 Å². The molecule has 25 nitrogen and oxygen atoms in total. The highest BCUT2D eigenvalue weighted by atomic mass is 35.5. The van der Waals surface area contributed by atoms with Crippen molar-refractivity contribution in [2.45, 2.75) is 120 Å². The number of ether oxygens (including phenoxy) is 8. The van der Waals surface area contributed by atoms with Gasteiger partial charge in [-0.1, -0.05) is 42.3 Å². The van der Waals surface area contributed by atoms with Gasteiger partial charge in [-0.05, 0) is 50.3 Å². The van der Waals surface area contributed by atoms with Gasteiger partial charge in [0.15, 0.2) is 23.7 Å². The largest absolute Gasteiger partial charge is 0.495 e. The predicted octanol–water partition coefficient (Wildman–Crippen LogP) is 0.133. The molecule has 0 radical (unpaired) electrons. The van der Waals surface area contributed by atoms with Crippen LogP contribution >= 0.6 is 11.6 Å².